The Hall–Kier alpha value is -0.670. The van der Waals surface area contributed by atoms with Crippen molar-refractivity contribution in [3.8, 4) is 0 Å². The molecule has 0 amide bonds. The molecule has 0 aromatic carbocycles. The molecule has 96 valence electrons. The monoisotopic (exact) mass is 253 g/mol. The van der Waals surface area contributed by atoms with Gasteiger partial charge in [0, 0.05) is 15.3 Å². The van der Waals surface area contributed by atoms with Crippen LogP contribution in [0.1, 0.15) is 46.8 Å². The van der Waals surface area contributed by atoms with Crippen molar-refractivity contribution in [1.29, 1.82) is 0 Å². The van der Waals surface area contributed by atoms with Crippen LogP contribution < -0.4 is 0 Å². The summed E-state index contributed by atoms with van der Waals surface area (Å²) in [5, 5.41) is 0. The molecule has 0 aliphatic heterocycles. The van der Waals surface area contributed by atoms with E-state index in [1.54, 1.807) is 11.3 Å². The molecular weight excluding hydrogens is 230 g/mol. The van der Waals surface area contributed by atoms with Crippen molar-refractivity contribution in [3.63, 3.8) is 0 Å². The molecule has 0 N–H and O–H groups in total. The molecule has 0 saturated heterocycles. The zero-order valence-corrected chi connectivity index (χ0v) is 12.2. The minimum atomic E-state index is 0.268. The molecule has 0 radical (unpaired) electrons. The van der Waals surface area contributed by atoms with Crippen molar-refractivity contribution in [2.75, 3.05) is 19.6 Å². The number of thiophene rings is 1. The quantitative estimate of drug-likeness (QED) is 0.691. The van der Waals surface area contributed by atoms with Gasteiger partial charge in [-0.1, -0.05) is 20.3 Å². The van der Waals surface area contributed by atoms with Crippen molar-refractivity contribution in [2.45, 2.75) is 40.5 Å². The molecule has 17 heavy (non-hydrogen) atoms. The molecule has 1 rings (SSSR count). The van der Waals surface area contributed by atoms with E-state index in [0.29, 0.717) is 6.54 Å². The maximum Gasteiger partial charge on any atom is 0.177 e. The van der Waals surface area contributed by atoms with Gasteiger partial charge < -0.3 is 0 Å². The highest BCUT2D eigenvalue weighted by atomic mass is 32.1. The zero-order chi connectivity index (χ0) is 12.8. The van der Waals surface area contributed by atoms with E-state index in [2.05, 4.69) is 25.7 Å². The summed E-state index contributed by atoms with van der Waals surface area (Å²) in [5.41, 5.74) is 0.919. The lowest BCUT2D eigenvalue weighted by molar-refractivity contribution is 0.0933. The number of hydrogen-bond acceptors (Lipinski definition) is 3. The predicted octanol–water partition coefficient (Wildman–Crippen LogP) is 3.67. The maximum atomic E-state index is 12.2. The van der Waals surface area contributed by atoms with Crippen LogP contribution in [0.25, 0.3) is 0 Å². The van der Waals surface area contributed by atoms with Crippen LogP contribution in [0.3, 0.4) is 0 Å². The second-order valence-electron chi connectivity index (χ2n) is 4.47. The van der Waals surface area contributed by atoms with Gasteiger partial charge >= 0.3 is 0 Å². The van der Waals surface area contributed by atoms with E-state index in [4.69, 9.17) is 0 Å². The molecule has 0 aliphatic carbocycles. The van der Waals surface area contributed by atoms with E-state index in [-0.39, 0.29) is 5.78 Å². The number of carbonyl (C=O) groups is 1. The molecule has 3 heteroatoms. The molecule has 0 aliphatic rings. The van der Waals surface area contributed by atoms with Crippen molar-refractivity contribution < 1.29 is 4.79 Å². The fourth-order valence-corrected chi connectivity index (χ4v) is 2.87. The Morgan fingerprint density at radius 3 is 2.53 bits per heavy atom. The maximum absolute atomic E-state index is 12.2. The first kappa shape index (κ1) is 14.4. The summed E-state index contributed by atoms with van der Waals surface area (Å²) in [4.78, 5) is 16.8. The molecular formula is C14H23NOS. The topological polar surface area (TPSA) is 20.3 Å². The van der Waals surface area contributed by atoms with Crippen LogP contribution >= 0.6 is 11.3 Å². The number of Topliss-reactive ketones (excluding diaryl/α,β-unsaturated/α-hetero) is 1. The van der Waals surface area contributed by atoms with Gasteiger partial charge in [0.05, 0.1) is 6.54 Å². The van der Waals surface area contributed by atoms with Crippen molar-refractivity contribution in [2.24, 2.45) is 0 Å². The van der Waals surface area contributed by atoms with Crippen molar-refractivity contribution in [3.05, 3.63) is 21.4 Å². The lowest BCUT2D eigenvalue weighted by Crippen LogP contribution is -2.30. The van der Waals surface area contributed by atoms with Gasteiger partial charge in [-0.25, -0.2) is 0 Å². The van der Waals surface area contributed by atoms with Gasteiger partial charge in [-0.2, -0.15) is 0 Å². The third-order valence-electron chi connectivity index (χ3n) is 2.98. The number of ketones is 1. The average molecular weight is 253 g/mol. The van der Waals surface area contributed by atoms with E-state index in [9.17, 15) is 4.79 Å². The largest absolute Gasteiger partial charge is 0.296 e. The minimum absolute atomic E-state index is 0.268. The number of carbonyl (C=O) groups excluding carboxylic acids is 1. The standard InChI is InChI=1S/C14H23NOS/c1-5-7-8-15(6-2)10-14(16)13-9-11(3)17-12(13)4/h9H,5-8,10H2,1-4H3. The second kappa shape index (κ2) is 6.92. The third kappa shape index (κ3) is 4.25. The number of likely N-dealkylation sites (N-methyl/N-ethyl adjacent to an activating group) is 1. The van der Waals surface area contributed by atoms with Gasteiger partial charge in [0.25, 0.3) is 0 Å². The molecule has 1 aromatic rings. The molecule has 0 fully saturated rings. The summed E-state index contributed by atoms with van der Waals surface area (Å²) in [7, 11) is 0. The third-order valence-corrected chi connectivity index (χ3v) is 3.95. The van der Waals surface area contributed by atoms with Gasteiger partial charge in [-0.05, 0) is 39.4 Å². The molecule has 0 bridgehead atoms. The van der Waals surface area contributed by atoms with Crippen LogP contribution in [-0.4, -0.2) is 30.3 Å². The molecule has 1 heterocycles. The van der Waals surface area contributed by atoms with E-state index in [1.807, 2.05) is 13.0 Å². The first-order chi connectivity index (χ1) is 8.08. The molecule has 0 unspecified atom stereocenters. The Balaban J connectivity index is 2.61. The molecule has 0 spiro atoms. The van der Waals surface area contributed by atoms with E-state index in [0.717, 1.165) is 23.5 Å². The number of hydrogen-bond donors (Lipinski definition) is 0. The lowest BCUT2D eigenvalue weighted by Gasteiger charge is -2.18. The summed E-state index contributed by atoms with van der Waals surface area (Å²) in [5.74, 6) is 0.268. The first-order valence-electron chi connectivity index (χ1n) is 6.41. The number of unbranched alkanes of at least 4 members (excludes halogenated alkanes) is 1. The average Bonchev–Trinajstić information content (AvgIpc) is 2.63. The Bertz CT molecular complexity index is 370. The summed E-state index contributed by atoms with van der Waals surface area (Å²) in [6.45, 7) is 10.9. The SMILES string of the molecule is CCCCN(CC)CC(=O)c1cc(C)sc1C. The zero-order valence-electron chi connectivity index (χ0n) is 11.4. The molecule has 1 aromatic heterocycles. The van der Waals surface area contributed by atoms with Crippen LogP contribution in [-0.2, 0) is 0 Å². The fourth-order valence-electron chi connectivity index (χ4n) is 1.93. The fraction of sp³-hybridized carbons (Fsp3) is 0.643. The lowest BCUT2D eigenvalue weighted by atomic mass is 10.1. The first-order valence-corrected chi connectivity index (χ1v) is 7.22. The highest BCUT2D eigenvalue weighted by Gasteiger charge is 2.14. The van der Waals surface area contributed by atoms with Crippen LogP contribution in [0.15, 0.2) is 6.07 Å². The normalized spacial score (nSPS) is 11.1. The highest BCUT2D eigenvalue weighted by Crippen LogP contribution is 2.21. The Labute approximate surface area is 109 Å². The summed E-state index contributed by atoms with van der Waals surface area (Å²) >= 11 is 1.71. The second-order valence-corrected chi connectivity index (χ2v) is 5.93. The molecule has 0 atom stereocenters. The molecule has 2 nitrogen and oxygen atoms in total. The summed E-state index contributed by atoms with van der Waals surface area (Å²) in [6.07, 6.45) is 2.35. The van der Waals surface area contributed by atoms with Crippen LogP contribution in [0.5, 0.6) is 0 Å². The smallest absolute Gasteiger partial charge is 0.177 e. The van der Waals surface area contributed by atoms with Crippen molar-refractivity contribution in [1.82, 2.24) is 4.90 Å². The Morgan fingerprint density at radius 1 is 1.35 bits per heavy atom. The van der Waals surface area contributed by atoms with Crippen LogP contribution in [0, 0.1) is 13.8 Å². The van der Waals surface area contributed by atoms with Gasteiger partial charge in [-0.3, -0.25) is 9.69 Å². The number of aryl methyl sites for hydroxylation is 2. The number of nitrogens with zero attached hydrogens (tertiary/aromatic N) is 1. The predicted molar refractivity (Wildman–Crippen MR) is 75.1 cm³/mol. The van der Waals surface area contributed by atoms with Crippen LogP contribution in [0.4, 0.5) is 0 Å². The summed E-state index contributed by atoms with van der Waals surface area (Å²) < 4.78 is 0. The highest BCUT2D eigenvalue weighted by molar-refractivity contribution is 7.12. The molecule has 0 saturated carbocycles. The van der Waals surface area contributed by atoms with E-state index in [1.165, 1.54) is 17.7 Å². The van der Waals surface area contributed by atoms with Gasteiger partial charge in [0.2, 0.25) is 0 Å². The van der Waals surface area contributed by atoms with E-state index >= 15 is 0 Å². The Kier molecular flexibility index (Phi) is 5.86. The minimum Gasteiger partial charge on any atom is -0.296 e. The van der Waals surface area contributed by atoms with Gasteiger partial charge in [0.1, 0.15) is 0 Å². The van der Waals surface area contributed by atoms with Crippen LogP contribution in [0.2, 0.25) is 0 Å². The Morgan fingerprint density at radius 2 is 2.06 bits per heavy atom. The van der Waals surface area contributed by atoms with Gasteiger partial charge in [-0.15, -0.1) is 11.3 Å². The summed E-state index contributed by atoms with van der Waals surface area (Å²) in [6, 6.07) is 2.02. The van der Waals surface area contributed by atoms with E-state index < -0.39 is 0 Å². The van der Waals surface area contributed by atoms with Crippen molar-refractivity contribution >= 4 is 17.1 Å². The number of rotatable bonds is 7. The van der Waals surface area contributed by atoms with Gasteiger partial charge in [0.15, 0.2) is 5.78 Å².